The molecule has 1 aliphatic rings. The fourth-order valence-corrected chi connectivity index (χ4v) is 10.1. The maximum atomic E-state index is 14.9. The summed E-state index contributed by atoms with van der Waals surface area (Å²) in [4.78, 5) is 113. The van der Waals surface area contributed by atoms with Gasteiger partial charge in [-0.2, -0.15) is 0 Å². The van der Waals surface area contributed by atoms with Crippen molar-refractivity contribution in [2.45, 2.75) is 168 Å². The van der Waals surface area contributed by atoms with E-state index in [0.717, 1.165) is 5.56 Å². The van der Waals surface area contributed by atoms with E-state index in [4.69, 9.17) is 0 Å². The summed E-state index contributed by atoms with van der Waals surface area (Å²) in [7, 11) is -1.50. The number of likely N-dealkylation sites (N-methyl/N-ethyl adjacent to an activating group) is 1. The van der Waals surface area contributed by atoms with Gasteiger partial charge in [0, 0.05) is 76.9 Å². The average Bonchev–Trinajstić information content (AvgIpc) is 4.15. The minimum absolute atomic E-state index is 0. The molecule has 79 heavy (non-hydrogen) atoms. The van der Waals surface area contributed by atoms with Crippen LogP contribution in [0.25, 0.3) is 0 Å². The van der Waals surface area contributed by atoms with Crippen LogP contribution >= 0.6 is 0 Å². The third kappa shape index (κ3) is 23.0. The molecule has 432 valence electrons. The largest absolute Gasteiger partial charge is 1.00 e. The molecule has 8 unspecified atom stereocenters. The summed E-state index contributed by atoms with van der Waals surface area (Å²) >= 11 is 0. The van der Waals surface area contributed by atoms with Crippen molar-refractivity contribution in [1.82, 2.24) is 50.9 Å². The summed E-state index contributed by atoms with van der Waals surface area (Å²) in [6.07, 6.45) is 7.98. The van der Waals surface area contributed by atoms with Crippen LogP contribution in [0.15, 0.2) is 67.3 Å². The smallest absolute Gasteiger partial charge is 0.748 e. The topological polar surface area (TPSA) is 296 Å². The first-order valence-corrected chi connectivity index (χ1v) is 29.1. The fraction of sp³-hybridized carbons (Fsp3) is 0.625. The SMILES string of the molecule is CCC(C)C(NC(=O)C(CC(O)C(CC(C)C)NC(=O)C(Cc1cnc[nH]1)N(C)C(=O)C(Cc1ccccc1)NC(=O)C1CCCN1C(=O)CCCCCCC(=O)N(C)CCS(=O)(=O)[O-])C(C)C)C(=O)NCc1ccccn1.[Na+]. The number of hydrogen-bond acceptors (Lipinski definition) is 13. The number of aliphatic hydroxyl groups is 1. The Morgan fingerprint density at radius 3 is 2.15 bits per heavy atom. The number of unbranched alkanes of at least 4 members (excludes halogenated alkanes) is 3. The molecule has 3 aromatic rings. The molecule has 21 nitrogen and oxygen atoms in total. The van der Waals surface area contributed by atoms with Gasteiger partial charge in [0.05, 0.1) is 46.6 Å². The number of hydrogen-bond donors (Lipinski definition) is 6. The molecular formula is C56H85N10NaO11S. The molecule has 8 atom stereocenters. The number of benzene rings is 1. The molecule has 6 N–H and O–H groups in total. The number of imidazole rings is 1. The number of carbonyl (C=O) groups excluding carboxylic acids is 7. The third-order valence-electron chi connectivity index (χ3n) is 14.6. The second-order valence-corrected chi connectivity index (χ2v) is 23.1. The Labute approximate surface area is 489 Å². The van der Waals surface area contributed by atoms with Gasteiger partial charge in [-0.15, -0.1) is 0 Å². The number of aromatic amines is 1. The van der Waals surface area contributed by atoms with E-state index in [-0.39, 0.29) is 110 Å². The van der Waals surface area contributed by atoms with Crippen LogP contribution in [0.2, 0.25) is 0 Å². The molecule has 0 radical (unpaired) electrons. The Kier molecular flexibility index (Phi) is 29.4. The Hall–Kier alpha value is -5.26. The van der Waals surface area contributed by atoms with E-state index in [2.05, 4.69) is 36.2 Å². The zero-order chi connectivity index (χ0) is 57.5. The standard InChI is InChI=1S/C56H86N10O11S.Na/c1-9-39(6)51(55(73)59-35-41-22-17-18-26-58-41)63-52(70)43(38(4)5)33-48(67)44(30-37(2)3)61-54(72)47(32-42-34-57-36-60-42)65(8)56(74)45(31-40-20-13-12-14-21-40)62-53(71)46-23-19-27-66(46)50(69)25-16-11-10-15-24-49(68)64(7)28-29-78(75,76)77;/h12-14,17-18,20-22,26,34,36-39,43-48,51,67H,9-11,15-16,19,23-25,27-33,35H2,1-8H3,(H,57,60)(H,59,73)(H,61,72)(H,62,71)(H,63,70)(H,75,76,77);/q;+1/p-1. The second-order valence-electron chi connectivity index (χ2n) is 21.5. The predicted octanol–water partition coefficient (Wildman–Crippen LogP) is 0.642. The van der Waals surface area contributed by atoms with Crippen molar-refractivity contribution < 1.29 is 81.2 Å². The molecule has 0 saturated carbocycles. The van der Waals surface area contributed by atoms with Crippen LogP contribution in [0.1, 0.15) is 129 Å². The monoisotopic (exact) mass is 1130 g/mol. The van der Waals surface area contributed by atoms with E-state index in [1.165, 1.54) is 30.2 Å². The summed E-state index contributed by atoms with van der Waals surface area (Å²) in [6.45, 7) is 11.8. The number of nitrogens with zero attached hydrogens (tertiary/aromatic N) is 5. The molecule has 1 fully saturated rings. The van der Waals surface area contributed by atoms with Crippen molar-refractivity contribution in [3.8, 4) is 0 Å². The number of aromatic nitrogens is 3. The van der Waals surface area contributed by atoms with Crippen LogP contribution in [0.4, 0.5) is 0 Å². The van der Waals surface area contributed by atoms with Gasteiger partial charge in [-0.3, -0.25) is 38.5 Å². The second kappa shape index (κ2) is 34.1. The summed E-state index contributed by atoms with van der Waals surface area (Å²) in [5, 5.41) is 23.9. The molecular weight excluding hydrogens is 1040 g/mol. The van der Waals surface area contributed by atoms with Gasteiger partial charge < -0.3 is 50.6 Å². The molecule has 1 saturated heterocycles. The minimum atomic E-state index is -4.44. The number of rotatable bonds is 33. The Balaban J connectivity index is 0.0000164. The van der Waals surface area contributed by atoms with Crippen LogP contribution in [0.5, 0.6) is 0 Å². The molecule has 0 aliphatic carbocycles. The van der Waals surface area contributed by atoms with Gasteiger partial charge in [-0.05, 0) is 74.0 Å². The molecule has 1 aliphatic heterocycles. The summed E-state index contributed by atoms with van der Waals surface area (Å²) in [6, 6.07) is 9.62. The van der Waals surface area contributed by atoms with Crippen molar-refractivity contribution in [1.29, 1.82) is 0 Å². The average molecular weight is 1130 g/mol. The molecule has 7 amide bonds. The van der Waals surface area contributed by atoms with Crippen molar-refractivity contribution in [3.05, 3.63) is 84.2 Å². The first kappa shape index (κ1) is 68.0. The maximum Gasteiger partial charge on any atom is 1.00 e. The van der Waals surface area contributed by atoms with Gasteiger partial charge in [0.2, 0.25) is 41.4 Å². The van der Waals surface area contributed by atoms with Crippen LogP contribution in [-0.4, -0.2) is 158 Å². The summed E-state index contributed by atoms with van der Waals surface area (Å²) in [5.41, 5.74) is 1.95. The first-order valence-electron chi connectivity index (χ1n) is 27.5. The van der Waals surface area contributed by atoms with E-state index in [1.807, 2.05) is 77.9 Å². The van der Waals surface area contributed by atoms with Crippen molar-refractivity contribution in [3.63, 3.8) is 0 Å². The van der Waals surface area contributed by atoms with Gasteiger partial charge in [0.1, 0.15) is 24.2 Å². The number of nitrogens with one attached hydrogen (secondary N) is 5. The van der Waals surface area contributed by atoms with E-state index in [9.17, 15) is 51.6 Å². The summed E-state index contributed by atoms with van der Waals surface area (Å²) in [5.74, 6) is -4.81. The van der Waals surface area contributed by atoms with E-state index < -0.39 is 81.7 Å². The molecule has 23 heteroatoms. The van der Waals surface area contributed by atoms with Crippen LogP contribution in [-0.2, 0) is 63.1 Å². The van der Waals surface area contributed by atoms with Crippen LogP contribution in [0.3, 0.4) is 0 Å². The molecule has 4 rings (SSSR count). The minimum Gasteiger partial charge on any atom is -0.748 e. The number of amides is 7. The number of H-pyrrole nitrogens is 1. The van der Waals surface area contributed by atoms with E-state index in [1.54, 1.807) is 29.4 Å². The Morgan fingerprint density at radius 2 is 1.54 bits per heavy atom. The molecule has 2 aromatic heterocycles. The molecule has 0 bridgehead atoms. The zero-order valence-electron chi connectivity index (χ0n) is 47.8. The van der Waals surface area contributed by atoms with Gasteiger partial charge in [-0.1, -0.05) is 97.2 Å². The van der Waals surface area contributed by atoms with Gasteiger partial charge in [0.25, 0.3) is 0 Å². The van der Waals surface area contributed by atoms with E-state index in [0.29, 0.717) is 69.3 Å². The summed E-state index contributed by atoms with van der Waals surface area (Å²) < 4.78 is 32.8. The van der Waals surface area contributed by atoms with E-state index >= 15 is 0 Å². The van der Waals surface area contributed by atoms with Crippen LogP contribution in [0, 0.1) is 23.7 Å². The van der Waals surface area contributed by atoms with Gasteiger partial charge in [0.15, 0.2) is 0 Å². The quantitative estimate of drug-likeness (QED) is 0.0278. The maximum absolute atomic E-state index is 14.9. The van der Waals surface area contributed by atoms with Crippen molar-refractivity contribution in [2.24, 2.45) is 23.7 Å². The van der Waals surface area contributed by atoms with Gasteiger partial charge in [-0.25, -0.2) is 13.4 Å². The Morgan fingerprint density at radius 1 is 0.861 bits per heavy atom. The first-order chi connectivity index (χ1) is 37.0. The van der Waals surface area contributed by atoms with Crippen molar-refractivity contribution >= 4 is 51.5 Å². The van der Waals surface area contributed by atoms with Crippen LogP contribution < -0.4 is 50.8 Å². The molecule has 0 spiro atoms. The Bertz CT molecular complexity index is 2490. The normalized spacial score (nSPS) is 16.1. The van der Waals surface area contributed by atoms with Crippen molar-refractivity contribution in [2.75, 3.05) is 32.9 Å². The molecule has 3 heterocycles. The predicted molar refractivity (Wildman–Crippen MR) is 293 cm³/mol. The van der Waals surface area contributed by atoms with Gasteiger partial charge >= 0.3 is 29.6 Å². The number of aliphatic hydroxyl groups excluding tert-OH is 1. The number of likely N-dealkylation sites (tertiary alicyclic amines) is 1. The fourth-order valence-electron chi connectivity index (χ4n) is 9.64. The zero-order valence-corrected chi connectivity index (χ0v) is 50.6. The molecule has 1 aromatic carbocycles. The third-order valence-corrected chi connectivity index (χ3v) is 15.3. The number of carbonyl (C=O) groups is 7. The number of pyridine rings is 1.